The van der Waals surface area contributed by atoms with Crippen molar-refractivity contribution in [1.82, 2.24) is 9.78 Å². The van der Waals surface area contributed by atoms with Crippen molar-refractivity contribution in [3.8, 4) is 5.69 Å². The summed E-state index contributed by atoms with van der Waals surface area (Å²) in [5, 5.41) is 3.05. The molecule has 2 heterocycles. The molecule has 0 unspecified atom stereocenters. The highest BCUT2D eigenvalue weighted by Gasteiger charge is 2.42. The third kappa shape index (κ3) is 3.11. The lowest BCUT2D eigenvalue weighted by atomic mass is 10.2. The Kier molecular flexibility index (Phi) is 3.83. The van der Waals surface area contributed by atoms with E-state index in [9.17, 15) is 26.3 Å². The Hall–Kier alpha value is -2.07. The average Bonchev–Trinajstić information content (AvgIpc) is 2.89. The molecule has 1 saturated heterocycles. The molecule has 1 aliphatic heterocycles. The van der Waals surface area contributed by atoms with E-state index in [1.165, 1.54) is 24.3 Å². The molecule has 0 bridgehead atoms. The van der Waals surface area contributed by atoms with Crippen LogP contribution in [0.2, 0.25) is 0 Å². The Balaban J connectivity index is 1.97. The van der Waals surface area contributed by atoms with Gasteiger partial charge in [0.05, 0.1) is 5.69 Å². The summed E-state index contributed by atoms with van der Waals surface area (Å²) in [6.45, 7) is 1.67. The Labute approximate surface area is 131 Å². The van der Waals surface area contributed by atoms with E-state index < -0.39 is 30.0 Å². The van der Waals surface area contributed by atoms with Crippen molar-refractivity contribution in [2.24, 2.45) is 0 Å². The lowest BCUT2D eigenvalue weighted by Crippen LogP contribution is -2.31. The quantitative estimate of drug-likeness (QED) is 0.756. The van der Waals surface area contributed by atoms with Gasteiger partial charge in [-0.1, -0.05) is 12.1 Å². The predicted octanol–water partition coefficient (Wildman–Crippen LogP) is 4.30. The highest BCUT2D eigenvalue weighted by atomic mass is 19.4. The molecule has 2 aromatic rings. The second-order valence-corrected chi connectivity index (χ2v) is 5.09. The standard InChI is InChI=1S/C14H10F6N2O2/c1-7-23-12(24-7)8-2-4-9(5-3-8)22-11(14(18,19)20)6-10(21-22)13(15,16)17/h2-7,12H,1H3. The topological polar surface area (TPSA) is 36.3 Å². The van der Waals surface area contributed by atoms with Crippen LogP contribution in [0.5, 0.6) is 0 Å². The van der Waals surface area contributed by atoms with E-state index in [1.807, 2.05) is 0 Å². The zero-order valence-electron chi connectivity index (χ0n) is 12.0. The lowest BCUT2D eigenvalue weighted by Gasteiger charge is -2.33. The summed E-state index contributed by atoms with van der Waals surface area (Å²) in [4.78, 5) is 0. The van der Waals surface area contributed by atoms with Crippen LogP contribution in [0.15, 0.2) is 30.3 Å². The molecule has 4 nitrogen and oxygen atoms in total. The molecule has 3 rings (SSSR count). The van der Waals surface area contributed by atoms with E-state index in [-0.39, 0.29) is 22.7 Å². The molecule has 1 aliphatic rings. The first kappa shape index (κ1) is 16.8. The molecule has 10 heteroatoms. The van der Waals surface area contributed by atoms with Crippen LogP contribution in [-0.2, 0) is 21.8 Å². The maximum Gasteiger partial charge on any atom is 0.435 e. The van der Waals surface area contributed by atoms with Crippen LogP contribution in [0.4, 0.5) is 26.3 Å². The van der Waals surface area contributed by atoms with Crippen molar-refractivity contribution in [3.63, 3.8) is 0 Å². The van der Waals surface area contributed by atoms with E-state index in [2.05, 4.69) is 5.10 Å². The minimum atomic E-state index is -4.98. The van der Waals surface area contributed by atoms with E-state index in [0.29, 0.717) is 5.56 Å². The third-order valence-corrected chi connectivity index (χ3v) is 3.33. The van der Waals surface area contributed by atoms with E-state index in [4.69, 9.17) is 9.47 Å². The van der Waals surface area contributed by atoms with Gasteiger partial charge < -0.3 is 9.47 Å². The number of rotatable bonds is 2. The average molecular weight is 352 g/mol. The summed E-state index contributed by atoms with van der Waals surface area (Å²) < 4.78 is 87.6. The molecule has 130 valence electrons. The molecule has 0 saturated carbocycles. The van der Waals surface area contributed by atoms with Gasteiger partial charge in [-0.2, -0.15) is 31.4 Å². The lowest BCUT2D eigenvalue weighted by molar-refractivity contribution is -0.382. The Morgan fingerprint density at radius 3 is 2.00 bits per heavy atom. The van der Waals surface area contributed by atoms with Crippen LogP contribution < -0.4 is 0 Å². The number of benzene rings is 1. The number of hydrogen-bond acceptors (Lipinski definition) is 3. The second-order valence-electron chi connectivity index (χ2n) is 5.09. The number of hydrogen-bond donors (Lipinski definition) is 0. The van der Waals surface area contributed by atoms with Crippen molar-refractivity contribution >= 4 is 0 Å². The molecular weight excluding hydrogens is 342 g/mol. The van der Waals surface area contributed by atoms with Gasteiger partial charge in [-0.05, 0) is 19.1 Å². The van der Waals surface area contributed by atoms with Crippen molar-refractivity contribution < 1.29 is 35.8 Å². The molecule has 1 fully saturated rings. The van der Waals surface area contributed by atoms with Gasteiger partial charge in [-0.15, -0.1) is 0 Å². The maximum absolute atomic E-state index is 13.0. The van der Waals surface area contributed by atoms with Gasteiger partial charge in [-0.3, -0.25) is 0 Å². The van der Waals surface area contributed by atoms with Crippen LogP contribution in [0.1, 0.15) is 30.2 Å². The predicted molar refractivity (Wildman–Crippen MR) is 67.9 cm³/mol. The van der Waals surface area contributed by atoms with Gasteiger partial charge >= 0.3 is 12.4 Å². The Bertz CT molecular complexity index is 729. The maximum atomic E-state index is 13.0. The fraction of sp³-hybridized carbons (Fsp3) is 0.357. The molecular formula is C14H10F6N2O2. The summed E-state index contributed by atoms with van der Waals surface area (Å²) in [5.74, 6) is 0. The third-order valence-electron chi connectivity index (χ3n) is 3.33. The first-order valence-electron chi connectivity index (χ1n) is 6.71. The summed E-state index contributed by atoms with van der Waals surface area (Å²) in [6.07, 6.45) is -11.0. The zero-order chi connectivity index (χ0) is 17.7. The molecule has 1 aromatic heterocycles. The van der Waals surface area contributed by atoms with Crippen molar-refractivity contribution in [2.75, 3.05) is 0 Å². The van der Waals surface area contributed by atoms with Gasteiger partial charge in [0.2, 0.25) is 0 Å². The SMILES string of the molecule is CC1OC(c2ccc(-n3nc(C(F)(F)F)cc3C(F)(F)F)cc2)O1. The zero-order valence-corrected chi connectivity index (χ0v) is 12.0. The van der Waals surface area contributed by atoms with Gasteiger partial charge in [0.1, 0.15) is 5.69 Å². The summed E-state index contributed by atoms with van der Waals surface area (Å²) >= 11 is 0. The van der Waals surface area contributed by atoms with Crippen molar-refractivity contribution in [1.29, 1.82) is 0 Å². The molecule has 1 aromatic carbocycles. The van der Waals surface area contributed by atoms with Gasteiger partial charge in [0, 0.05) is 11.6 Å². The molecule has 0 aliphatic carbocycles. The highest BCUT2D eigenvalue weighted by molar-refractivity contribution is 5.37. The largest absolute Gasteiger partial charge is 0.435 e. The molecule has 0 atom stereocenters. The number of alkyl halides is 6. The van der Waals surface area contributed by atoms with Gasteiger partial charge in [0.25, 0.3) is 0 Å². The van der Waals surface area contributed by atoms with Crippen LogP contribution >= 0.6 is 0 Å². The number of ether oxygens (including phenoxy) is 2. The van der Waals surface area contributed by atoms with Gasteiger partial charge in [-0.25, -0.2) is 4.68 Å². The minimum absolute atomic E-state index is 0.0201. The van der Waals surface area contributed by atoms with Crippen LogP contribution in [0.25, 0.3) is 5.69 Å². The van der Waals surface area contributed by atoms with Crippen LogP contribution in [-0.4, -0.2) is 16.1 Å². The smallest absolute Gasteiger partial charge is 0.320 e. The fourth-order valence-corrected chi connectivity index (χ4v) is 2.21. The van der Waals surface area contributed by atoms with E-state index in [0.717, 1.165) is 0 Å². The first-order valence-corrected chi connectivity index (χ1v) is 6.71. The fourth-order valence-electron chi connectivity index (χ4n) is 2.21. The molecule has 24 heavy (non-hydrogen) atoms. The summed E-state index contributed by atoms with van der Waals surface area (Å²) in [5.41, 5.74) is -2.74. The first-order chi connectivity index (χ1) is 11.1. The summed E-state index contributed by atoms with van der Waals surface area (Å²) in [7, 11) is 0. The number of halogens is 6. The normalized spacial score (nSPS) is 21.6. The molecule has 0 spiro atoms. The highest BCUT2D eigenvalue weighted by Crippen LogP contribution is 2.37. The summed E-state index contributed by atoms with van der Waals surface area (Å²) in [6, 6.07) is 5.22. The molecule has 0 N–H and O–H groups in total. The minimum Gasteiger partial charge on any atom is -0.320 e. The monoisotopic (exact) mass is 352 g/mol. The van der Waals surface area contributed by atoms with Crippen molar-refractivity contribution in [3.05, 3.63) is 47.3 Å². The molecule has 0 radical (unpaired) electrons. The van der Waals surface area contributed by atoms with Gasteiger partial charge in [0.15, 0.2) is 18.3 Å². The van der Waals surface area contributed by atoms with Crippen LogP contribution in [0, 0.1) is 0 Å². The number of nitrogens with zero attached hydrogens (tertiary/aromatic N) is 2. The Morgan fingerprint density at radius 2 is 1.54 bits per heavy atom. The number of aromatic nitrogens is 2. The molecule has 0 amide bonds. The van der Waals surface area contributed by atoms with Crippen molar-refractivity contribution in [2.45, 2.75) is 31.9 Å². The van der Waals surface area contributed by atoms with Crippen LogP contribution in [0.3, 0.4) is 0 Å². The van der Waals surface area contributed by atoms with E-state index >= 15 is 0 Å². The van der Waals surface area contributed by atoms with E-state index in [1.54, 1.807) is 6.92 Å². The second kappa shape index (κ2) is 5.49. The Morgan fingerprint density at radius 1 is 0.958 bits per heavy atom.